The van der Waals surface area contributed by atoms with E-state index >= 15 is 0 Å². The largest absolute Gasteiger partial charge is 1.00 e. The summed E-state index contributed by atoms with van der Waals surface area (Å²) in [6, 6.07) is 29.3. The Bertz CT molecular complexity index is 1200. The van der Waals surface area contributed by atoms with E-state index in [-0.39, 0.29) is 30.2 Å². The van der Waals surface area contributed by atoms with Crippen molar-refractivity contribution in [3.05, 3.63) is 117 Å². The molecule has 5 rings (SSSR count). The van der Waals surface area contributed by atoms with Crippen molar-refractivity contribution < 1.29 is 46.1 Å². The maximum atomic E-state index is 2.78. The van der Waals surface area contributed by atoms with E-state index in [4.69, 9.17) is 0 Å². The fourth-order valence-electron chi connectivity index (χ4n) is 5.25. The second-order valence-electron chi connectivity index (χ2n) is 10.2. The molecule has 0 nitrogen and oxygen atoms in total. The molecule has 3 aromatic rings. The van der Waals surface area contributed by atoms with E-state index in [0.29, 0.717) is 9.54 Å². The summed E-state index contributed by atoms with van der Waals surface area (Å²) in [6.07, 6.45) is 6.22. The van der Waals surface area contributed by atoms with Gasteiger partial charge in [0, 0.05) is 0 Å². The van der Waals surface area contributed by atoms with Gasteiger partial charge in [0.15, 0.2) is 0 Å². The maximum Gasteiger partial charge on any atom is -1.00 e. The van der Waals surface area contributed by atoms with E-state index in [2.05, 4.69) is 122 Å². The minimum atomic E-state index is -2.23. The Hall–Kier alpha value is -1.53. The van der Waals surface area contributed by atoms with Crippen LogP contribution in [0.2, 0.25) is 0 Å². The summed E-state index contributed by atoms with van der Waals surface area (Å²) in [5.41, 5.74) is 9.18. The molecule has 174 valence electrons. The Morgan fingerprint density at radius 2 is 1.29 bits per heavy atom. The molecule has 34 heavy (non-hydrogen) atoms. The molecule has 2 aliphatic carbocycles. The summed E-state index contributed by atoms with van der Waals surface area (Å²) in [5, 5.41) is 0. The average molecular weight is 567 g/mol. The molecule has 0 spiro atoms. The van der Waals surface area contributed by atoms with Crippen molar-refractivity contribution in [1.82, 2.24) is 0 Å². The first-order chi connectivity index (χ1) is 15.4. The molecule has 3 aromatic carbocycles. The molecule has 0 heterocycles. The second-order valence-corrected chi connectivity index (χ2v) is 16.3. The molecule has 0 radical (unpaired) electrons. The molecule has 3 heteroatoms. The molecule has 0 saturated carbocycles. The van der Waals surface area contributed by atoms with E-state index < -0.39 is 21.3 Å². The number of hydrogen-bond acceptors (Lipinski definition) is 0. The van der Waals surface area contributed by atoms with Crippen molar-refractivity contribution in [3.63, 3.8) is 0 Å². The van der Waals surface area contributed by atoms with Crippen LogP contribution in [-0.2, 0) is 27.7 Å². The monoisotopic (exact) mass is 564 g/mol. The van der Waals surface area contributed by atoms with E-state index in [0.717, 1.165) is 6.42 Å². The summed E-state index contributed by atoms with van der Waals surface area (Å²) in [6.45, 7) is 9.47. The molecule has 0 bridgehead atoms. The van der Waals surface area contributed by atoms with Crippen LogP contribution < -0.4 is 24.8 Å². The summed E-state index contributed by atoms with van der Waals surface area (Å²) in [5.74, 6) is 0.547. The van der Waals surface area contributed by atoms with Gasteiger partial charge in [-0.25, -0.2) is 0 Å². The van der Waals surface area contributed by atoms with Crippen LogP contribution in [0.3, 0.4) is 0 Å². The van der Waals surface area contributed by atoms with Gasteiger partial charge in [-0.2, -0.15) is 0 Å². The Labute approximate surface area is 225 Å². The molecule has 0 aliphatic heterocycles. The van der Waals surface area contributed by atoms with Crippen LogP contribution in [0.4, 0.5) is 0 Å². The smallest absolute Gasteiger partial charge is 1.00 e. The van der Waals surface area contributed by atoms with Gasteiger partial charge in [0.2, 0.25) is 0 Å². The molecule has 1 unspecified atom stereocenters. The van der Waals surface area contributed by atoms with Crippen LogP contribution in [0.15, 0.2) is 99.9 Å². The number of fused-ring (bicyclic) bond motifs is 3. The van der Waals surface area contributed by atoms with E-state index in [9.17, 15) is 0 Å². The third kappa shape index (κ3) is 5.18. The van der Waals surface area contributed by atoms with Crippen LogP contribution in [0.1, 0.15) is 48.0 Å². The van der Waals surface area contributed by atoms with E-state index in [1.807, 2.05) is 0 Å². The first kappa shape index (κ1) is 27.1. The van der Waals surface area contributed by atoms with Gasteiger partial charge in [-0.05, 0) is 0 Å². The third-order valence-electron chi connectivity index (χ3n) is 6.98. The van der Waals surface area contributed by atoms with Crippen molar-refractivity contribution in [2.75, 3.05) is 0 Å². The fraction of sp³-hybridized carbons (Fsp3) is 0.258. The zero-order valence-corrected chi connectivity index (χ0v) is 24.3. The predicted octanol–water partition coefficient (Wildman–Crippen LogP) is 1.93. The summed E-state index contributed by atoms with van der Waals surface area (Å²) >= 11 is -2.23. The summed E-state index contributed by atoms with van der Waals surface area (Å²) in [4.78, 5) is 0. The molecule has 0 saturated heterocycles. The molecule has 0 aromatic heterocycles. The predicted molar refractivity (Wildman–Crippen MR) is 135 cm³/mol. The van der Waals surface area contributed by atoms with E-state index in [1.165, 1.54) is 22.3 Å². The molecular formula is C31H32Cl2Zr. The SMILES string of the molecule is CC1C=C(C(C)(C)C)C=[C]1/[Zr+2](=[CH]/Cc1ccccc1)[CH]1c2ccccc2-c2ccccc21.[Cl-].[Cl-]. The van der Waals surface area contributed by atoms with Crippen molar-refractivity contribution in [3.8, 4) is 11.1 Å². The van der Waals surface area contributed by atoms with Crippen LogP contribution >= 0.6 is 0 Å². The van der Waals surface area contributed by atoms with Crippen LogP contribution in [-0.4, -0.2) is 3.71 Å². The minimum Gasteiger partial charge on any atom is -1.00 e. The fourth-order valence-corrected chi connectivity index (χ4v) is 13.5. The van der Waals surface area contributed by atoms with Crippen molar-refractivity contribution in [2.24, 2.45) is 11.3 Å². The second kappa shape index (κ2) is 11.0. The number of halogens is 2. The Kier molecular flexibility index (Phi) is 8.78. The molecular weight excluding hydrogens is 534 g/mol. The zero-order valence-electron chi connectivity index (χ0n) is 20.4. The standard InChI is InChI=1S/C13H9.C10H15.C8H8.2ClH.Zr/c1-3-7-12-10(5-1)9-11-6-2-4-8-13(11)12;1-8-5-6-9(7-8)10(2,3)4;1-2-8-6-4-3-5-7-8;;;/h1-9H;6-8H,1-4H3;1,3-7H,2H2;2*1H;/q;;;;;+2/p-2. The maximum absolute atomic E-state index is 2.78. The summed E-state index contributed by atoms with van der Waals surface area (Å²) < 4.78 is 5.10. The van der Waals surface area contributed by atoms with Crippen molar-refractivity contribution >= 4 is 3.71 Å². The van der Waals surface area contributed by atoms with Gasteiger partial charge in [-0.3, -0.25) is 0 Å². The van der Waals surface area contributed by atoms with Crippen molar-refractivity contribution in [2.45, 2.75) is 37.7 Å². The number of allylic oxidation sites excluding steroid dienone is 4. The molecule has 2 aliphatic rings. The van der Waals surface area contributed by atoms with E-state index in [1.54, 1.807) is 14.4 Å². The number of hydrogen-bond donors (Lipinski definition) is 0. The first-order valence-corrected chi connectivity index (χ1v) is 15.9. The summed E-state index contributed by atoms with van der Waals surface area (Å²) in [7, 11) is 0. The minimum absolute atomic E-state index is 0. The molecule has 0 N–H and O–H groups in total. The number of rotatable bonds is 4. The van der Waals surface area contributed by atoms with Crippen LogP contribution in [0.5, 0.6) is 0 Å². The van der Waals surface area contributed by atoms with Gasteiger partial charge < -0.3 is 24.8 Å². The number of benzene rings is 3. The molecule has 0 amide bonds. The van der Waals surface area contributed by atoms with Crippen LogP contribution in [0, 0.1) is 11.3 Å². The van der Waals surface area contributed by atoms with Gasteiger partial charge in [0.05, 0.1) is 0 Å². The van der Waals surface area contributed by atoms with Gasteiger partial charge >= 0.3 is 202 Å². The quantitative estimate of drug-likeness (QED) is 0.453. The van der Waals surface area contributed by atoms with Crippen molar-refractivity contribution in [1.29, 1.82) is 0 Å². The Morgan fingerprint density at radius 1 is 0.765 bits per heavy atom. The van der Waals surface area contributed by atoms with Gasteiger partial charge in [-0.15, -0.1) is 0 Å². The Morgan fingerprint density at radius 3 is 1.82 bits per heavy atom. The molecule has 1 atom stereocenters. The Balaban J connectivity index is 0.00000162. The zero-order chi connectivity index (χ0) is 22.3. The van der Waals surface area contributed by atoms with Gasteiger partial charge in [-0.1, -0.05) is 0 Å². The van der Waals surface area contributed by atoms with Gasteiger partial charge in [0.1, 0.15) is 0 Å². The normalized spacial score (nSPS) is 16.6. The third-order valence-corrected chi connectivity index (χ3v) is 14.7. The average Bonchev–Trinajstić information content (AvgIpc) is 3.34. The van der Waals surface area contributed by atoms with Crippen LogP contribution in [0.25, 0.3) is 11.1 Å². The first-order valence-electron chi connectivity index (χ1n) is 11.8. The van der Waals surface area contributed by atoms with Gasteiger partial charge in [0.25, 0.3) is 0 Å². The topological polar surface area (TPSA) is 0 Å². The molecule has 0 fully saturated rings.